The first-order chi connectivity index (χ1) is 20.4. The van der Waals surface area contributed by atoms with Crippen molar-refractivity contribution in [2.75, 3.05) is 11.9 Å². The Morgan fingerprint density at radius 2 is 1.40 bits per heavy atom. The van der Waals surface area contributed by atoms with E-state index in [1.165, 1.54) is 0 Å². The second kappa shape index (κ2) is 13.1. The van der Waals surface area contributed by atoms with Gasteiger partial charge in [0, 0.05) is 11.6 Å². The fourth-order valence-electron chi connectivity index (χ4n) is 5.23. The summed E-state index contributed by atoms with van der Waals surface area (Å²) < 4.78 is 11.7. The maximum atomic E-state index is 13.5. The third kappa shape index (κ3) is 6.67. The van der Waals surface area contributed by atoms with Gasteiger partial charge < -0.3 is 25.2 Å². The van der Waals surface area contributed by atoms with Crippen molar-refractivity contribution < 1.29 is 29.0 Å². The Labute approximate surface area is 244 Å². The highest BCUT2D eigenvalue weighted by molar-refractivity contribution is 5.98. The number of rotatable bonds is 11. The van der Waals surface area contributed by atoms with Crippen LogP contribution in [0.25, 0.3) is 11.1 Å². The van der Waals surface area contributed by atoms with E-state index in [-0.39, 0.29) is 25.6 Å². The van der Waals surface area contributed by atoms with E-state index in [1.807, 2.05) is 66.7 Å². The number of nitrogens with one attached hydrogen (secondary N) is 2. The highest BCUT2D eigenvalue weighted by Crippen LogP contribution is 2.44. The molecule has 4 aromatic rings. The van der Waals surface area contributed by atoms with Crippen molar-refractivity contribution in [2.45, 2.75) is 38.0 Å². The van der Waals surface area contributed by atoms with Crippen molar-refractivity contribution in [3.8, 4) is 11.1 Å². The topological polar surface area (TPSA) is 114 Å². The number of benzene rings is 4. The van der Waals surface area contributed by atoms with Crippen LogP contribution in [0.15, 0.2) is 103 Å². The lowest BCUT2D eigenvalue weighted by atomic mass is 9.98. The average Bonchev–Trinajstić information content (AvgIpc) is 3.32. The number of anilines is 1. The van der Waals surface area contributed by atoms with Crippen LogP contribution in [0.1, 0.15) is 35.1 Å². The number of ether oxygens (including phenoxy) is 2. The van der Waals surface area contributed by atoms with Gasteiger partial charge in [0.05, 0.1) is 19.1 Å². The molecule has 1 aliphatic rings. The van der Waals surface area contributed by atoms with Crippen molar-refractivity contribution in [3.63, 3.8) is 0 Å². The normalized spacial score (nSPS) is 13.4. The molecule has 0 saturated carbocycles. The number of hydrogen-bond donors (Lipinski definition) is 3. The van der Waals surface area contributed by atoms with Gasteiger partial charge in [-0.2, -0.15) is 0 Å². The molecule has 0 radical (unpaired) electrons. The van der Waals surface area contributed by atoms with Crippen LogP contribution in [0.3, 0.4) is 0 Å². The third-order valence-electron chi connectivity index (χ3n) is 7.34. The van der Waals surface area contributed by atoms with Crippen LogP contribution in [0.2, 0.25) is 0 Å². The van der Waals surface area contributed by atoms with Crippen LogP contribution in [0, 0.1) is 0 Å². The Bertz CT molecular complexity index is 1530. The van der Waals surface area contributed by atoms with E-state index in [4.69, 9.17) is 9.47 Å². The third-order valence-corrected chi connectivity index (χ3v) is 7.34. The van der Waals surface area contributed by atoms with Crippen molar-refractivity contribution in [1.82, 2.24) is 5.32 Å². The zero-order valence-electron chi connectivity index (χ0n) is 23.2. The summed E-state index contributed by atoms with van der Waals surface area (Å²) in [4.78, 5) is 38.0. The molecule has 2 unspecified atom stereocenters. The van der Waals surface area contributed by atoms with E-state index >= 15 is 0 Å². The fourth-order valence-corrected chi connectivity index (χ4v) is 5.23. The number of amides is 2. The molecule has 8 nitrogen and oxygen atoms in total. The number of carbonyl (C=O) groups excluding carboxylic acids is 2. The number of aliphatic carboxylic acids is 1. The van der Waals surface area contributed by atoms with Crippen LogP contribution in [0.5, 0.6) is 0 Å². The Balaban J connectivity index is 1.30. The van der Waals surface area contributed by atoms with Crippen LogP contribution in [0.4, 0.5) is 10.5 Å². The van der Waals surface area contributed by atoms with Gasteiger partial charge in [-0.3, -0.25) is 9.59 Å². The Morgan fingerprint density at radius 1 is 0.810 bits per heavy atom. The van der Waals surface area contributed by atoms with Crippen molar-refractivity contribution in [1.29, 1.82) is 0 Å². The molecule has 4 aromatic carbocycles. The van der Waals surface area contributed by atoms with Gasteiger partial charge in [0.1, 0.15) is 12.6 Å². The van der Waals surface area contributed by atoms with Gasteiger partial charge in [-0.1, -0.05) is 97.1 Å². The SMILES string of the molecule is CC(OCc1ccccc1)C(NC(=O)OCC1c2ccccc2-c2ccccc21)C(=O)Nc1ccccc1CC(=O)O. The molecule has 0 saturated heterocycles. The van der Waals surface area contributed by atoms with Crippen LogP contribution in [-0.4, -0.2) is 41.8 Å². The zero-order valence-corrected chi connectivity index (χ0v) is 23.2. The lowest BCUT2D eigenvalue weighted by Gasteiger charge is -2.25. The number of hydrogen-bond acceptors (Lipinski definition) is 5. The molecular weight excluding hydrogens is 532 g/mol. The molecule has 0 aromatic heterocycles. The minimum absolute atomic E-state index is 0.0922. The maximum absolute atomic E-state index is 13.5. The van der Waals surface area contributed by atoms with Crippen LogP contribution < -0.4 is 10.6 Å². The Kier molecular flexibility index (Phi) is 8.94. The summed E-state index contributed by atoms with van der Waals surface area (Å²) in [5, 5.41) is 14.7. The molecule has 0 spiro atoms. The van der Waals surface area contributed by atoms with Crippen molar-refractivity contribution in [3.05, 3.63) is 125 Å². The predicted octanol–water partition coefficient (Wildman–Crippen LogP) is 5.76. The summed E-state index contributed by atoms with van der Waals surface area (Å²) in [5.41, 5.74) is 6.09. The molecule has 0 fully saturated rings. The molecule has 2 amide bonds. The zero-order chi connectivity index (χ0) is 29.5. The molecule has 2 atom stereocenters. The minimum atomic E-state index is -1.12. The number of alkyl carbamates (subject to hydrolysis) is 1. The second-order valence-corrected chi connectivity index (χ2v) is 10.2. The number of para-hydroxylation sites is 1. The molecule has 3 N–H and O–H groups in total. The molecule has 214 valence electrons. The Morgan fingerprint density at radius 3 is 2.07 bits per heavy atom. The largest absolute Gasteiger partial charge is 0.481 e. The van der Waals surface area contributed by atoms with Crippen LogP contribution in [-0.2, 0) is 32.1 Å². The molecule has 5 rings (SSSR count). The molecule has 0 bridgehead atoms. The Hall–Kier alpha value is -4.95. The summed E-state index contributed by atoms with van der Waals surface area (Å²) in [5.74, 6) is -1.71. The first-order valence-corrected chi connectivity index (χ1v) is 13.8. The average molecular weight is 565 g/mol. The van der Waals surface area contributed by atoms with Gasteiger partial charge in [-0.25, -0.2) is 4.79 Å². The van der Waals surface area contributed by atoms with Gasteiger partial charge in [-0.15, -0.1) is 0 Å². The van der Waals surface area contributed by atoms with E-state index in [0.717, 1.165) is 27.8 Å². The number of carboxylic acids is 1. The number of carboxylic acid groups (broad SMARTS) is 1. The van der Waals surface area contributed by atoms with Gasteiger partial charge in [-0.05, 0) is 46.4 Å². The summed E-state index contributed by atoms with van der Waals surface area (Å²) in [6.45, 7) is 2.02. The molecule has 0 heterocycles. The van der Waals surface area contributed by atoms with Gasteiger partial charge in [0.15, 0.2) is 0 Å². The second-order valence-electron chi connectivity index (χ2n) is 10.2. The minimum Gasteiger partial charge on any atom is -0.481 e. The highest BCUT2D eigenvalue weighted by atomic mass is 16.5. The van der Waals surface area contributed by atoms with Gasteiger partial charge in [0.2, 0.25) is 5.91 Å². The van der Waals surface area contributed by atoms with E-state index in [9.17, 15) is 19.5 Å². The lowest BCUT2D eigenvalue weighted by molar-refractivity contribution is -0.136. The molecule has 1 aliphatic carbocycles. The fraction of sp³-hybridized carbons (Fsp3) is 0.206. The maximum Gasteiger partial charge on any atom is 0.407 e. The predicted molar refractivity (Wildman–Crippen MR) is 159 cm³/mol. The summed E-state index contributed by atoms with van der Waals surface area (Å²) in [6.07, 6.45) is -1.76. The van der Waals surface area contributed by atoms with E-state index in [2.05, 4.69) is 22.8 Å². The van der Waals surface area contributed by atoms with Gasteiger partial charge in [0.25, 0.3) is 0 Å². The highest BCUT2D eigenvalue weighted by Gasteiger charge is 2.32. The smallest absolute Gasteiger partial charge is 0.407 e. The lowest BCUT2D eigenvalue weighted by Crippen LogP contribution is -2.51. The van der Waals surface area contributed by atoms with Crippen molar-refractivity contribution in [2.24, 2.45) is 0 Å². The van der Waals surface area contributed by atoms with E-state index in [1.54, 1.807) is 31.2 Å². The number of carbonyl (C=O) groups is 3. The first-order valence-electron chi connectivity index (χ1n) is 13.8. The monoisotopic (exact) mass is 564 g/mol. The van der Waals surface area contributed by atoms with E-state index in [0.29, 0.717) is 11.3 Å². The van der Waals surface area contributed by atoms with E-state index < -0.39 is 30.1 Å². The molecule has 0 aliphatic heterocycles. The first kappa shape index (κ1) is 28.6. The van der Waals surface area contributed by atoms with Crippen LogP contribution >= 0.6 is 0 Å². The van der Waals surface area contributed by atoms with Crippen molar-refractivity contribution >= 4 is 23.7 Å². The molecule has 8 heteroatoms. The summed E-state index contributed by atoms with van der Waals surface area (Å²) in [7, 11) is 0. The molecule has 42 heavy (non-hydrogen) atoms. The molecular formula is C34H32N2O6. The quantitative estimate of drug-likeness (QED) is 0.213. The summed E-state index contributed by atoms with van der Waals surface area (Å²) in [6, 6.07) is 31.1. The summed E-state index contributed by atoms with van der Waals surface area (Å²) >= 11 is 0. The number of fused-ring (bicyclic) bond motifs is 3. The van der Waals surface area contributed by atoms with Gasteiger partial charge >= 0.3 is 12.1 Å². The standard InChI is InChI=1S/C34H32N2O6/c1-22(41-20-23-11-3-2-4-12-23)32(33(39)35-30-18-10-5-13-24(30)19-31(37)38)36-34(40)42-21-29-27-16-8-6-14-25(27)26-15-7-9-17-28(26)29/h2-18,22,29,32H,19-21H2,1H3,(H,35,39)(H,36,40)(H,37,38).